The molecule has 0 spiro atoms. The summed E-state index contributed by atoms with van der Waals surface area (Å²) < 4.78 is 10.3. The monoisotopic (exact) mass is 366 g/mol. The van der Waals surface area contributed by atoms with Crippen molar-refractivity contribution in [2.24, 2.45) is 0 Å². The SMILES string of the molecule is COc1ccc(CC(=O)N(C)Cc2cc3ccc(OC)cc3[nH]c2=O)cc1. The molecule has 6 nitrogen and oxygen atoms in total. The van der Waals surface area contributed by atoms with Gasteiger partial charge < -0.3 is 19.4 Å². The van der Waals surface area contributed by atoms with Gasteiger partial charge in [-0.15, -0.1) is 0 Å². The van der Waals surface area contributed by atoms with Gasteiger partial charge in [0.1, 0.15) is 11.5 Å². The highest BCUT2D eigenvalue weighted by Gasteiger charge is 2.13. The molecular formula is C21H22N2O4. The normalized spacial score (nSPS) is 10.6. The highest BCUT2D eigenvalue weighted by molar-refractivity contribution is 5.81. The van der Waals surface area contributed by atoms with Crippen molar-refractivity contribution in [3.8, 4) is 11.5 Å². The number of carbonyl (C=O) groups excluding carboxylic acids is 1. The Morgan fingerprint density at radius 1 is 1.00 bits per heavy atom. The summed E-state index contributed by atoms with van der Waals surface area (Å²) in [7, 11) is 4.88. The van der Waals surface area contributed by atoms with E-state index >= 15 is 0 Å². The van der Waals surface area contributed by atoms with Crippen molar-refractivity contribution in [3.63, 3.8) is 0 Å². The van der Waals surface area contributed by atoms with E-state index in [9.17, 15) is 9.59 Å². The van der Waals surface area contributed by atoms with Crippen LogP contribution in [0.15, 0.2) is 53.3 Å². The van der Waals surface area contributed by atoms with E-state index in [0.717, 1.165) is 16.7 Å². The van der Waals surface area contributed by atoms with E-state index in [1.807, 2.05) is 42.5 Å². The van der Waals surface area contributed by atoms with Gasteiger partial charge in [0.05, 0.1) is 32.7 Å². The molecule has 1 amide bonds. The zero-order valence-electron chi connectivity index (χ0n) is 15.6. The summed E-state index contributed by atoms with van der Waals surface area (Å²) in [5.74, 6) is 1.37. The number of likely N-dealkylation sites (N-methyl/N-ethyl adjacent to an activating group) is 1. The average molecular weight is 366 g/mol. The fourth-order valence-electron chi connectivity index (χ4n) is 2.87. The van der Waals surface area contributed by atoms with Gasteiger partial charge >= 0.3 is 0 Å². The third-order valence-electron chi connectivity index (χ3n) is 4.48. The van der Waals surface area contributed by atoms with Crippen LogP contribution >= 0.6 is 0 Å². The number of benzene rings is 2. The molecule has 0 fully saturated rings. The van der Waals surface area contributed by atoms with Gasteiger partial charge in [-0.3, -0.25) is 9.59 Å². The number of aromatic nitrogens is 1. The van der Waals surface area contributed by atoms with Crippen LogP contribution in [0.4, 0.5) is 0 Å². The van der Waals surface area contributed by atoms with Crippen LogP contribution in [-0.2, 0) is 17.8 Å². The van der Waals surface area contributed by atoms with Gasteiger partial charge in [0.2, 0.25) is 5.91 Å². The summed E-state index contributed by atoms with van der Waals surface area (Å²) in [6.45, 7) is 0.242. The molecule has 1 aromatic heterocycles. The maximum Gasteiger partial charge on any atom is 0.253 e. The van der Waals surface area contributed by atoms with Crippen LogP contribution < -0.4 is 15.0 Å². The van der Waals surface area contributed by atoms with Crippen molar-refractivity contribution in [3.05, 3.63) is 70.0 Å². The van der Waals surface area contributed by atoms with Crippen molar-refractivity contribution in [1.82, 2.24) is 9.88 Å². The Balaban J connectivity index is 1.74. The quantitative estimate of drug-likeness (QED) is 0.728. The molecule has 0 saturated carbocycles. The molecule has 0 radical (unpaired) electrons. The first kappa shape index (κ1) is 18.5. The molecule has 0 aliphatic heterocycles. The lowest BCUT2D eigenvalue weighted by atomic mass is 10.1. The van der Waals surface area contributed by atoms with Crippen molar-refractivity contribution in [2.75, 3.05) is 21.3 Å². The van der Waals surface area contributed by atoms with E-state index in [1.54, 1.807) is 32.2 Å². The molecule has 3 rings (SSSR count). The van der Waals surface area contributed by atoms with E-state index in [2.05, 4.69) is 4.98 Å². The number of carbonyl (C=O) groups is 1. The van der Waals surface area contributed by atoms with Gasteiger partial charge in [-0.2, -0.15) is 0 Å². The molecule has 1 N–H and O–H groups in total. The summed E-state index contributed by atoms with van der Waals surface area (Å²) in [4.78, 5) is 29.3. The number of pyridine rings is 1. The number of aromatic amines is 1. The maximum atomic E-state index is 12.5. The molecule has 1 heterocycles. The first-order chi connectivity index (χ1) is 13.0. The summed E-state index contributed by atoms with van der Waals surface area (Å²) in [5.41, 5.74) is 1.93. The van der Waals surface area contributed by atoms with Crippen LogP contribution in [0.3, 0.4) is 0 Å². The Morgan fingerprint density at radius 3 is 2.33 bits per heavy atom. The molecule has 0 aliphatic rings. The molecule has 3 aromatic rings. The van der Waals surface area contributed by atoms with Crippen molar-refractivity contribution in [1.29, 1.82) is 0 Å². The second kappa shape index (κ2) is 7.95. The number of H-pyrrole nitrogens is 1. The fourth-order valence-corrected chi connectivity index (χ4v) is 2.87. The number of nitrogens with one attached hydrogen (secondary N) is 1. The number of hydrogen-bond donors (Lipinski definition) is 1. The van der Waals surface area contributed by atoms with E-state index in [-0.39, 0.29) is 24.4 Å². The Hall–Kier alpha value is -3.28. The van der Waals surface area contributed by atoms with Crippen LogP contribution in [-0.4, -0.2) is 37.1 Å². The zero-order chi connectivity index (χ0) is 19.4. The molecule has 0 aliphatic carbocycles. The van der Waals surface area contributed by atoms with Crippen LogP contribution in [0.1, 0.15) is 11.1 Å². The molecule has 0 saturated heterocycles. The van der Waals surface area contributed by atoms with Crippen LogP contribution in [0.2, 0.25) is 0 Å². The van der Waals surface area contributed by atoms with E-state index in [1.165, 1.54) is 0 Å². The zero-order valence-corrected chi connectivity index (χ0v) is 15.6. The van der Waals surface area contributed by atoms with E-state index in [0.29, 0.717) is 16.8 Å². The molecule has 0 unspecified atom stereocenters. The lowest BCUT2D eigenvalue weighted by molar-refractivity contribution is -0.129. The Bertz CT molecular complexity index is 1010. The number of ether oxygens (including phenoxy) is 2. The molecule has 2 aromatic carbocycles. The highest BCUT2D eigenvalue weighted by atomic mass is 16.5. The third kappa shape index (κ3) is 4.28. The highest BCUT2D eigenvalue weighted by Crippen LogP contribution is 2.19. The fraction of sp³-hybridized carbons (Fsp3) is 0.238. The molecular weight excluding hydrogens is 344 g/mol. The second-order valence-corrected chi connectivity index (χ2v) is 6.35. The second-order valence-electron chi connectivity index (χ2n) is 6.35. The third-order valence-corrected chi connectivity index (χ3v) is 4.48. The minimum atomic E-state index is -0.208. The number of nitrogens with zero attached hydrogens (tertiary/aromatic N) is 1. The average Bonchev–Trinajstić information content (AvgIpc) is 2.68. The lowest BCUT2D eigenvalue weighted by Crippen LogP contribution is -2.30. The first-order valence-corrected chi connectivity index (χ1v) is 8.57. The number of rotatable bonds is 6. The van der Waals surface area contributed by atoms with Crippen LogP contribution in [0, 0.1) is 0 Å². The van der Waals surface area contributed by atoms with Crippen molar-refractivity contribution in [2.45, 2.75) is 13.0 Å². The van der Waals surface area contributed by atoms with Gasteiger partial charge in [-0.05, 0) is 41.3 Å². The smallest absolute Gasteiger partial charge is 0.253 e. The number of methoxy groups -OCH3 is 2. The minimum Gasteiger partial charge on any atom is -0.497 e. The summed E-state index contributed by atoms with van der Waals surface area (Å²) in [5, 5.41) is 0.890. The number of hydrogen-bond acceptors (Lipinski definition) is 4. The lowest BCUT2D eigenvalue weighted by Gasteiger charge is -2.17. The maximum absolute atomic E-state index is 12.5. The molecule has 0 bridgehead atoms. The predicted octanol–water partition coefficient (Wildman–Crippen LogP) is 2.75. The predicted molar refractivity (Wildman–Crippen MR) is 104 cm³/mol. The van der Waals surface area contributed by atoms with Crippen molar-refractivity contribution >= 4 is 16.8 Å². The van der Waals surface area contributed by atoms with Crippen LogP contribution in [0.5, 0.6) is 11.5 Å². The Labute approximate surface area is 157 Å². The van der Waals surface area contributed by atoms with E-state index in [4.69, 9.17) is 9.47 Å². The Kier molecular flexibility index (Phi) is 5.45. The van der Waals surface area contributed by atoms with Gasteiger partial charge in [0.25, 0.3) is 5.56 Å². The molecule has 140 valence electrons. The van der Waals surface area contributed by atoms with Gasteiger partial charge in [0.15, 0.2) is 0 Å². The van der Waals surface area contributed by atoms with Gasteiger partial charge in [0, 0.05) is 18.7 Å². The van der Waals surface area contributed by atoms with E-state index < -0.39 is 0 Å². The van der Waals surface area contributed by atoms with Gasteiger partial charge in [-0.1, -0.05) is 12.1 Å². The standard InChI is InChI=1S/C21H22N2O4/c1-23(20(24)10-14-4-7-17(26-2)8-5-14)13-16-11-15-6-9-18(27-3)12-19(15)22-21(16)25/h4-9,11-12H,10,13H2,1-3H3,(H,22,25). The van der Waals surface area contributed by atoms with Crippen LogP contribution in [0.25, 0.3) is 10.9 Å². The molecule has 0 atom stereocenters. The summed E-state index contributed by atoms with van der Waals surface area (Å²) in [6.07, 6.45) is 0.267. The number of amides is 1. The van der Waals surface area contributed by atoms with Crippen molar-refractivity contribution < 1.29 is 14.3 Å². The first-order valence-electron chi connectivity index (χ1n) is 8.57. The number of fused-ring (bicyclic) bond motifs is 1. The Morgan fingerprint density at radius 2 is 1.67 bits per heavy atom. The summed E-state index contributed by atoms with van der Waals surface area (Å²) >= 11 is 0. The molecule has 6 heteroatoms. The topological polar surface area (TPSA) is 71.6 Å². The summed E-state index contributed by atoms with van der Waals surface area (Å²) in [6, 6.07) is 14.7. The minimum absolute atomic E-state index is 0.0607. The molecule has 27 heavy (non-hydrogen) atoms. The van der Waals surface area contributed by atoms with Gasteiger partial charge in [-0.25, -0.2) is 0 Å². The largest absolute Gasteiger partial charge is 0.497 e.